The topological polar surface area (TPSA) is 29.5 Å². The number of rotatable bonds is 1. The van der Waals surface area contributed by atoms with Gasteiger partial charge in [-0.1, -0.05) is 29.3 Å². The van der Waals surface area contributed by atoms with Crippen LogP contribution >= 0.6 is 23.2 Å². The summed E-state index contributed by atoms with van der Waals surface area (Å²) in [6.07, 6.45) is 0. The lowest BCUT2D eigenvalue weighted by Gasteiger charge is -2.29. The van der Waals surface area contributed by atoms with Crippen molar-refractivity contribution < 1.29 is 13.9 Å². The van der Waals surface area contributed by atoms with Gasteiger partial charge in [0.05, 0.1) is 27.8 Å². The van der Waals surface area contributed by atoms with Gasteiger partial charge in [-0.15, -0.1) is 0 Å². The van der Waals surface area contributed by atoms with Crippen LogP contribution in [0.3, 0.4) is 0 Å². The molecule has 108 valence electrons. The Kier molecular flexibility index (Phi) is 3.74. The number of anilines is 1. The van der Waals surface area contributed by atoms with E-state index in [2.05, 4.69) is 0 Å². The minimum Gasteiger partial charge on any atom is -0.489 e. The fourth-order valence-corrected chi connectivity index (χ4v) is 2.60. The second kappa shape index (κ2) is 5.54. The third-order valence-electron chi connectivity index (χ3n) is 3.21. The number of hydrogen-bond acceptors (Lipinski definition) is 2. The van der Waals surface area contributed by atoms with Crippen LogP contribution in [0.5, 0.6) is 5.75 Å². The number of amides is 1. The van der Waals surface area contributed by atoms with E-state index >= 15 is 0 Å². The molecule has 0 bridgehead atoms. The Labute approximate surface area is 130 Å². The van der Waals surface area contributed by atoms with E-state index in [1.54, 1.807) is 18.2 Å². The average Bonchev–Trinajstić information content (AvgIpc) is 2.48. The zero-order valence-electron chi connectivity index (χ0n) is 10.8. The normalized spacial score (nSPS) is 13.6. The zero-order valence-corrected chi connectivity index (χ0v) is 12.3. The molecule has 0 atom stereocenters. The van der Waals surface area contributed by atoms with Crippen LogP contribution in [-0.4, -0.2) is 19.1 Å². The van der Waals surface area contributed by atoms with Gasteiger partial charge in [0.1, 0.15) is 18.2 Å². The Hall–Kier alpha value is -1.78. The molecular formula is C15H10Cl2FNO2. The van der Waals surface area contributed by atoms with Crippen LogP contribution in [0.2, 0.25) is 10.0 Å². The Morgan fingerprint density at radius 2 is 2.05 bits per heavy atom. The summed E-state index contributed by atoms with van der Waals surface area (Å²) in [6.45, 7) is 0.653. The van der Waals surface area contributed by atoms with Crippen molar-refractivity contribution in [3.8, 4) is 5.75 Å². The third-order valence-corrected chi connectivity index (χ3v) is 4.03. The zero-order chi connectivity index (χ0) is 15.0. The minimum atomic E-state index is -0.413. The predicted molar refractivity (Wildman–Crippen MR) is 80.0 cm³/mol. The second-order valence-electron chi connectivity index (χ2n) is 4.52. The summed E-state index contributed by atoms with van der Waals surface area (Å²) < 4.78 is 18.6. The number of carbonyl (C=O) groups is 1. The number of carbonyl (C=O) groups excluding carboxylic acids is 1. The van der Waals surface area contributed by atoms with Gasteiger partial charge in [0.25, 0.3) is 5.91 Å². The Bertz CT molecular complexity index is 721. The molecule has 3 nitrogen and oxygen atoms in total. The van der Waals surface area contributed by atoms with E-state index in [-0.39, 0.29) is 10.9 Å². The molecule has 0 radical (unpaired) electrons. The smallest absolute Gasteiger partial charge is 0.260 e. The number of halogens is 3. The van der Waals surface area contributed by atoms with Gasteiger partial charge in [-0.3, -0.25) is 4.79 Å². The first-order chi connectivity index (χ1) is 10.1. The SMILES string of the molecule is O=C(c1cccc(Cl)c1Cl)N1CCOc2cc(F)ccc21. The van der Waals surface area contributed by atoms with Gasteiger partial charge in [0, 0.05) is 6.07 Å². The molecule has 0 spiro atoms. The molecule has 2 aromatic carbocycles. The number of ether oxygens (including phenoxy) is 1. The van der Waals surface area contributed by atoms with Gasteiger partial charge in [-0.25, -0.2) is 4.39 Å². The van der Waals surface area contributed by atoms with Crippen molar-refractivity contribution in [3.63, 3.8) is 0 Å². The molecule has 0 fully saturated rings. The van der Waals surface area contributed by atoms with E-state index < -0.39 is 5.82 Å². The summed E-state index contributed by atoms with van der Waals surface area (Å²) >= 11 is 12.0. The fourth-order valence-electron chi connectivity index (χ4n) is 2.22. The summed E-state index contributed by atoms with van der Waals surface area (Å²) in [5.74, 6) is -0.366. The van der Waals surface area contributed by atoms with E-state index in [0.29, 0.717) is 35.2 Å². The van der Waals surface area contributed by atoms with Crippen molar-refractivity contribution in [2.24, 2.45) is 0 Å². The number of hydrogen-bond donors (Lipinski definition) is 0. The van der Waals surface area contributed by atoms with Crippen molar-refractivity contribution in [3.05, 3.63) is 57.8 Å². The first-order valence-electron chi connectivity index (χ1n) is 6.26. The van der Waals surface area contributed by atoms with Crippen LogP contribution < -0.4 is 9.64 Å². The van der Waals surface area contributed by atoms with E-state index in [9.17, 15) is 9.18 Å². The second-order valence-corrected chi connectivity index (χ2v) is 5.30. The van der Waals surface area contributed by atoms with E-state index in [4.69, 9.17) is 27.9 Å². The van der Waals surface area contributed by atoms with Gasteiger partial charge >= 0.3 is 0 Å². The predicted octanol–water partition coefficient (Wildman–Crippen LogP) is 4.17. The largest absolute Gasteiger partial charge is 0.489 e. The Morgan fingerprint density at radius 3 is 2.86 bits per heavy atom. The first-order valence-corrected chi connectivity index (χ1v) is 7.02. The lowest BCUT2D eigenvalue weighted by Crippen LogP contribution is -2.38. The van der Waals surface area contributed by atoms with E-state index in [0.717, 1.165) is 0 Å². The molecule has 0 saturated carbocycles. The third kappa shape index (κ3) is 2.57. The lowest BCUT2D eigenvalue weighted by molar-refractivity contribution is 0.0976. The monoisotopic (exact) mass is 325 g/mol. The molecular weight excluding hydrogens is 316 g/mol. The fraction of sp³-hybridized carbons (Fsp3) is 0.133. The molecule has 21 heavy (non-hydrogen) atoms. The molecule has 0 aromatic heterocycles. The Morgan fingerprint density at radius 1 is 1.24 bits per heavy atom. The standard InChI is InChI=1S/C15H10Cl2FNO2/c16-11-3-1-2-10(14(11)17)15(20)19-6-7-21-13-8-9(18)4-5-12(13)19/h1-5,8H,6-7H2. The molecule has 1 aliphatic heterocycles. The van der Waals surface area contributed by atoms with Crippen molar-refractivity contribution >= 4 is 34.8 Å². The number of fused-ring (bicyclic) bond motifs is 1. The van der Waals surface area contributed by atoms with Gasteiger partial charge < -0.3 is 9.64 Å². The Balaban J connectivity index is 2.02. The maximum atomic E-state index is 13.2. The lowest BCUT2D eigenvalue weighted by atomic mass is 10.1. The summed E-state index contributed by atoms with van der Waals surface area (Å²) in [6, 6.07) is 8.94. The van der Waals surface area contributed by atoms with Crippen molar-refractivity contribution in [2.45, 2.75) is 0 Å². The molecule has 1 amide bonds. The van der Waals surface area contributed by atoms with Crippen LogP contribution in [0.1, 0.15) is 10.4 Å². The summed E-state index contributed by atoms with van der Waals surface area (Å²) in [4.78, 5) is 14.2. The molecule has 1 heterocycles. The maximum Gasteiger partial charge on any atom is 0.260 e. The molecule has 0 saturated heterocycles. The van der Waals surface area contributed by atoms with Gasteiger partial charge in [0.2, 0.25) is 0 Å². The summed E-state index contributed by atoms with van der Waals surface area (Å²) in [5.41, 5.74) is 0.824. The van der Waals surface area contributed by atoms with Crippen molar-refractivity contribution in [1.82, 2.24) is 0 Å². The minimum absolute atomic E-state index is 0.208. The van der Waals surface area contributed by atoms with Gasteiger partial charge in [0.15, 0.2) is 0 Å². The molecule has 0 aliphatic carbocycles. The van der Waals surface area contributed by atoms with Crippen LogP contribution in [0, 0.1) is 5.82 Å². The van der Waals surface area contributed by atoms with Crippen molar-refractivity contribution in [1.29, 1.82) is 0 Å². The molecule has 0 unspecified atom stereocenters. The van der Waals surface area contributed by atoms with Crippen LogP contribution in [0.25, 0.3) is 0 Å². The molecule has 1 aliphatic rings. The maximum absolute atomic E-state index is 13.2. The summed E-state index contributed by atoms with van der Waals surface area (Å²) in [5, 5.41) is 0.523. The van der Waals surface area contributed by atoms with Crippen molar-refractivity contribution in [2.75, 3.05) is 18.1 Å². The highest BCUT2D eigenvalue weighted by molar-refractivity contribution is 6.44. The average molecular weight is 326 g/mol. The molecule has 3 rings (SSSR count). The highest BCUT2D eigenvalue weighted by atomic mass is 35.5. The van der Waals surface area contributed by atoms with Gasteiger partial charge in [-0.2, -0.15) is 0 Å². The number of benzene rings is 2. The summed E-state index contributed by atoms with van der Waals surface area (Å²) in [7, 11) is 0. The van der Waals surface area contributed by atoms with Gasteiger partial charge in [-0.05, 0) is 24.3 Å². The van der Waals surface area contributed by atoms with Crippen LogP contribution in [0.15, 0.2) is 36.4 Å². The molecule has 6 heteroatoms. The molecule has 2 aromatic rings. The number of nitrogens with zero attached hydrogens (tertiary/aromatic N) is 1. The highest BCUT2D eigenvalue weighted by Crippen LogP contribution is 2.34. The van der Waals surface area contributed by atoms with E-state index in [1.165, 1.54) is 23.1 Å². The van der Waals surface area contributed by atoms with E-state index in [1.807, 2.05) is 0 Å². The first kappa shape index (κ1) is 14.2. The van der Waals surface area contributed by atoms with Crippen LogP contribution in [-0.2, 0) is 0 Å². The van der Waals surface area contributed by atoms with Crippen LogP contribution in [0.4, 0.5) is 10.1 Å². The molecule has 0 N–H and O–H groups in total. The quantitative estimate of drug-likeness (QED) is 0.787. The highest BCUT2D eigenvalue weighted by Gasteiger charge is 2.26.